The number of aromatic nitrogens is 2. The fourth-order valence-corrected chi connectivity index (χ4v) is 5.20. The van der Waals surface area contributed by atoms with E-state index >= 15 is 8.78 Å². The normalized spacial score (nSPS) is 14.3. The Morgan fingerprint density at radius 1 is 1.00 bits per heavy atom. The van der Waals surface area contributed by atoms with E-state index in [4.69, 9.17) is 4.52 Å². The van der Waals surface area contributed by atoms with E-state index in [-0.39, 0.29) is 40.0 Å². The number of carbonyl (C=O) groups is 1. The van der Waals surface area contributed by atoms with Gasteiger partial charge in [-0.05, 0) is 66.9 Å². The van der Waals surface area contributed by atoms with Gasteiger partial charge < -0.3 is 9.84 Å². The second-order valence-electron chi connectivity index (χ2n) is 9.10. The van der Waals surface area contributed by atoms with Gasteiger partial charge in [0.05, 0.1) is 22.5 Å². The number of nitrogens with zero attached hydrogens (tertiary/aromatic N) is 2. The van der Waals surface area contributed by atoms with Crippen LogP contribution in [0.15, 0.2) is 70.1 Å². The first-order chi connectivity index (χ1) is 18.1. The highest BCUT2D eigenvalue weighted by atomic mass is 32.2. The summed E-state index contributed by atoms with van der Waals surface area (Å²) in [5.74, 6) is -2.48. The first kappa shape index (κ1) is 25.7. The van der Waals surface area contributed by atoms with Gasteiger partial charge in [0, 0.05) is 16.8 Å². The standard InChI is InChI=1S/C27H22F3N3O4S/c1-2-38(35,36)20-9-3-16(4-10-20)13-23(34)31-19-14-21(29)24(22(30)15-19)27(11-12-27)26-32-25(37-33-26)17-5-7-18(28)8-6-17/h3-10,14-15H,2,11-13H2,1H3,(H,31,34). The van der Waals surface area contributed by atoms with E-state index in [0.717, 1.165) is 12.1 Å². The number of anilines is 1. The number of halogens is 3. The molecule has 1 aliphatic rings. The maximum atomic E-state index is 15.2. The zero-order valence-corrected chi connectivity index (χ0v) is 21.0. The van der Waals surface area contributed by atoms with Crippen LogP contribution in [-0.4, -0.2) is 30.2 Å². The zero-order chi connectivity index (χ0) is 27.1. The lowest BCUT2D eigenvalue weighted by Crippen LogP contribution is -2.18. The Kier molecular flexibility index (Phi) is 6.56. The molecular formula is C27H22F3N3O4S. The minimum Gasteiger partial charge on any atom is -0.334 e. The summed E-state index contributed by atoms with van der Waals surface area (Å²) in [6.45, 7) is 1.54. The molecule has 1 heterocycles. The topological polar surface area (TPSA) is 102 Å². The number of hydrogen-bond acceptors (Lipinski definition) is 6. The monoisotopic (exact) mass is 541 g/mol. The van der Waals surface area contributed by atoms with Gasteiger partial charge in [0.1, 0.15) is 17.5 Å². The molecule has 1 N–H and O–H groups in total. The highest BCUT2D eigenvalue weighted by Crippen LogP contribution is 2.54. The minimum atomic E-state index is -3.36. The maximum absolute atomic E-state index is 15.2. The third-order valence-electron chi connectivity index (χ3n) is 6.53. The molecule has 0 atom stereocenters. The summed E-state index contributed by atoms with van der Waals surface area (Å²) >= 11 is 0. The number of rotatable bonds is 8. The smallest absolute Gasteiger partial charge is 0.257 e. The SMILES string of the molecule is CCS(=O)(=O)c1ccc(CC(=O)Nc2cc(F)c(C3(c4noc(-c5ccc(F)cc5)n4)CC3)c(F)c2)cc1. The molecule has 0 bridgehead atoms. The summed E-state index contributed by atoms with van der Waals surface area (Å²) in [6.07, 6.45) is 0.688. The molecule has 1 aromatic heterocycles. The number of carbonyl (C=O) groups excluding carboxylic acids is 1. The Hall–Kier alpha value is -3.99. The third-order valence-corrected chi connectivity index (χ3v) is 8.28. The molecule has 11 heteroatoms. The van der Waals surface area contributed by atoms with Crippen molar-refractivity contribution in [2.45, 2.75) is 36.5 Å². The Bertz CT molecular complexity index is 1590. The van der Waals surface area contributed by atoms with Gasteiger partial charge in [-0.2, -0.15) is 4.98 Å². The molecule has 5 rings (SSSR count). The Morgan fingerprint density at radius 3 is 2.21 bits per heavy atom. The van der Waals surface area contributed by atoms with Crippen molar-refractivity contribution in [2.75, 3.05) is 11.1 Å². The summed E-state index contributed by atoms with van der Waals surface area (Å²) in [4.78, 5) is 16.9. The van der Waals surface area contributed by atoms with E-state index in [9.17, 15) is 17.6 Å². The number of nitrogens with one attached hydrogen (secondary N) is 1. The van der Waals surface area contributed by atoms with E-state index in [2.05, 4.69) is 15.5 Å². The lowest BCUT2D eigenvalue weighted by atomic mass is 9.93. The molecule has 0 spiro atoms. The van der Waals surface area contributed by atoms with Crippen molar-refractivity contribution in [1.29, 1.82) is 0 Å². The second kappa shape index (κ2) is 9.71. The van der Waals surface area contributed by atoms with E-state index in [0.29, 0.717) is 24.0 Å². The second-order valence-corrected chi connectivity index (χ2v) is 11.4. The molecule has 0 unspecified atom stereocenters. The van der Waals surface area contributed by atoms with Gasteiger partial charge in [0.2, 0.25) is 5.91 Å². The van der Waals surface area contributed by atoms with Crippen LogP contribution < -0.4 is 5.32 Å². The molecule has 3 aromatic carbocycles. The van der Waals surface area contributed by atoms with Crippen LogP contribution in [0, 0.1) is 17.5 Å². The molecule has 0 saturated heterocycles. The lowest BCUT2D eigenvalue weighted by Gasteiger charge is -2.15. The quantitative estimate of drug-likeness (QED) is 0.329. The van der Waals surface area contributed by atoms with Gasteiger partial charge in [-0.1, -0.05) is 24.2 Å². The average molecular weight is 542 g/mol. The van der Waals surface area contributed by atoms with E-state index in [1.165, 1.54) is 48.5 Å². The van der Waals surface area contributed by atoms with Crippen molar-refractivity contribution < 1.29 is 30.9 Å². The largest absolute Gasteiger partial charge is 0.334 e. The number of sulfone groups is 1. The Balaban J connectivity index is 1.32. The van der Waals surface area contributed by atoms with Gasteiger partial charge in [-0.15, -0.1) is 0 Å². The summed E-state index contributed by atoms with van der Waals surface area (Å²) in [5.41, 5.74) is -0.355. The highest BCUT2D eigenvalue weighted by Gasteiger charge is 2.53. The van der Waals surface area contributed by atoms with Crippen molar-refractivity contribution >= 4 is 21.4 Å². The van der Waals surface area contributed by atoms with Crippen molar-refractivity contribution in [3.8, 4) is 11.5 Å². The Morgan fingerprint density at radius 2 is 1.63 bits per heavy atom. The molecule has 1 aliphatic carbocycles. The van der Waals surface area contributed by atoms with Gasteiger partial charge in [-0.25, -0.2) is 21.6 Å². The highest BCUT2D eigenvalue weighted by molar-refractivity contribution is 7.91. The molecule has 38 heavy (non-hydrogen) atoms. The molecule has 7 nitrogen and oxygen atoms in total. The minimum absolute atomic E-state index is 0.0383. The van der Waals surface area contributed by atoms with Crippen LogP contribution in [0.2, 0.25) is 0 Å². The van der Waals surface area contributed by atoms with Gasteiger partial charge in [0.15, 0.2) is 15.7 Å². The molecule has 0 aliphatic heterocycles. The summed E-state index contributed by atoms with van der Waals surface area (Å²) < 4.78 is 72.7. The molecular weight excluding hydrogens is 519 g/mol. The van der Waals surface area contributed by atoms with Crippen LogP contribution in [0.25, 0.3) is 11.5 Å². The molecule has 1 fully saturated rings. The predicted molar refractivity (Wildman–Crippen MR) is 133 cm³/mol. The number of hydrogen-bond donors (Lipinski definition) is 1. The van der Waals surface area contributed by atoms with E-state index in [1.54, 1.807) is 6.92 Å². The third kappa shape index (κ3) is 4.93. The molecule has 1 amide bonds. The van der Waals surface area contributed by atoms with Gasteiger partial charge >= 0.3 is 0 Å². The summed E-state index contributed by atoms with van der Waals surface area (Å²) in [7, 11) is -3.36. The van der Waals surface area contributed by atoms with E-state index in [1.807, 2.05) is 0 Å². The molecule has 4 aromatic rings. The van der Waals surface area contributed by atoms with E-state index < -0.39 is 38.6 Å². The van der Waals surface area contributed by atoms with Crippen LogP contribution >= 0.6 is 0 Å². The van der Waals surface area contributed by atoms with Crippen LogP contribution in [0.3, 0.4) is 0 Å². The van der Waals surface area contributed by atoms with Crippen molar-refractivity contribution in [3.63, 3.8) is 0 Å². The maximum Gasteiger partial charge on any atom is 0.257 e. The summed E-state index contributed by atoms with van der Waals surface area (Å²) in [5, 5.41) is 6.41. The van der Waals surface area contributed by atoms with Crippen molar-refractivity contribution in [1.82, 2.24) is 10.1 Å². The van der Waals surface area contributed by atoms with Gasteiger partial charge in [-0.3, -0.25) is 4.79 Å². The zero-order valence-electron chi connectivity index (χ0n) is 20.2. The lowest BCUT2D eigenvalue weighted by molar-refractivity contribution is -0.115. The summed E-state index contributed by atoms with van der Waals surface area (Å²) in [6, 6.07) is 13.4. The van der Waals surface area contributed by atoms with Crippen LogP contribution in [-0.2, 0) is 26.5 Å². The van der Waals surface area contributed by atoms with Crippen molar-refractivity contribution in [3.05, 3.63) is 95.1 Å². The molecule has 1 saturated carbocycles. The number of amides is 1. The van der Waals surface area contributed by atoms with Crippen LogP contribution in [0.1, 0.15) is 36.7 Å². The predicted octanol–water partition coefficient (Wildman–Crippen LogP) is 5.21. The molecule has 196 valence electrons. The first-order valence-electron chi connectivity index (χ1n) is 11.8. The Labute approximate surface area is 216 Å². The van der Waals surface area contributed by atoms with Crippen molar-refractivity contribution in [2.24, 2.45) is 0 Å². The van der Waals surface area contributed by atoms with Crippen LogP contribution in [0.4, 0.5) is 18.9 Å². The van der Waals surface area contributed by atoms with Gasteiger partial charge in [0.25, 0.3) is 5.89 Å². The van der Waals surface area contributed by atoms with Crippen LogP contribution in [0.5, 0.6) is 0 Å². The first-order valence-corrected chi connectivity index (χ1v) is 13.5. The molecule has 0 radical (unpaired) electrons. The average Bonchev–Trinajstić information content (AvgIpc) is 3.51. The number of benzene rings is 3. The fraction of sp³-hybridized carbons (Fsp3) is 0.222. The fourth-order valence-electron chi connectivity index (χ4n) is 4.31.